The molecule has 2 rings (SSSR count). The molecule has 0 aliphatic rings. The van der Waals surface area contributed by atoms with Gasteiger partial charge in [0.1, 0.15) is 5.75 Å². The number of nitrogens with zero attached hydrogens (tertiary/aromatic N) is 1. The van der Waals surface area contributed by atoms with Gasteiger partial charge in [-0.2, -0.15) is 0 Å². The summed E-state index contributed by atoms with van der Waals surface area (Å²) in [6.45, 7) is 1.51. The second-order valence-electron chi connectivity index (χ2n) is 4.43. The second-order valence-corrected chi connectivity index (χ2v) is 6.11. The summed E-state index contributed by atoms with van der Waals surface area (Å²) >= 11 is 0. The first-order valence-electron chi connectivity index (χ1n) is 6.19. The fraction of sp³-hybridized carbons (Fsp3) is 0.214. The van der Waals surface area contributed by atoms with Gasteiger partial charge < -0.3 is 9.84 Å². The van der Waals surface area contributed by atoms with Crippen LogP contribution in [-0.2, 0) is 16.6 Å². The van der Waals surface area contributed by atoms with E-state index in [9.17, 15) is 13.5 Å². The molecule has 0 fully saturated rings. The van der Waals surface area contributed by atoms with E-state index in [2.05, 4.69) is 9.71 Å². The summed E-state index contributed by atoms with van der Waals surface area (Å²) in [5, 5.41) is 9.25. The van der Waals surface area contributed by atoms with Gasteiger partial charge in [-0.05, 0) is 37.3 Å². The number of benzene rings is 1. The Morgan fingerprint density at radius 2 is 2.05 bits per heavy atom. The quantitative estimate of drug-likeness (QED) is 0.877. The maximum Gasteiger partial charge on any atom is 0.261 e. The van der Waals surface area contributed by atoms with E-state index in [1.807, 2.05) is 6.92 Å². The van der Waals surface area contributed by atoms with Crippen LogP contribution < -0.4 is 9.46 Å². The number of hydrogen-bond donors (Lipinski definition) is 2. The van der Waals surface area contributed by atoms with Crippen LogP contribution in [0.2, 0.25) is 0 Å². The van der Waals surface area contributed by atoms with Gasteiger partial charge in [0.15, 0.2) is 0 Å². The van der Waals surface area contributed by atoms with Gasteiger partial charge >= 0.3 is 0 Å². The Hall–Kier alpha value is -2.12. The van der Waals surface area contributed by atoms with Crippen molar-refractivity contribution >= 4 is 15.7 Å². The number of aliphatic hydroxyl groups is 1. The Morgan fingerprint density at radius 1 is 1.29 bits per heavy atom. The van der Waals surface area contributed by atoms with E-state index in [4.69, 9.17) is 4.74 Å². The van der Waals surface area contributed by atoms with Crippen LogP contribution in [-0.4, -0.2) is 25.6 Å². The molecule has 6 nitrogen and oxygen atoms in total. The van der Waals surface area contributed by atoms with E-state index in [1.54, 1.807) is 12.1 Å². The first-order chi connectivity index (χ1) is 9.96. The Bertz CT molecular complexity index is 727. The average Bonchev–Trinajstić information content (AvgIpc) is 2.48. The Kier molecular flexibility index (Phi) is 4.44. The zero-order chi connectivity index (χ0) is 15.5. The summed E-state index contributed by atoms with van der Waals surface area (Å²) in [6, 6.07) is 7.65. The van der Waals surface area contributed by atoms with Crippen LogP contribution in [0.15, 0.2) is 41.4 Å². The molecule has 0 radical (unpaired) electrons. The molecule has 0 atom stereocenters. The number of aromatic nitrogens is 1. The molecular formula is C14H16N2O4S. The molecule has 0 spiro atoms. The molecule has 0 aliphatic carbocycles. The third-order valence-corrected chi connectivity index (χ3v) is 4.28. The van der Waals surface area contributed by atoms with Crippen molar-refractivity contribution in [3.8, 4) is 5.75 Å². The highest BCUT2D eigenvalue weighted by atomic mass is 32.2. The van der Waals surface area contributed by atoms with Gasteiger partial charge in [-0.1, -0.05) is 0 Å². The molecule has 0 bridgehead atoms. The Labute approximate surface area is 123 Å². The normalized spacial score (nSPS) is 11.2. The first-order valence-corrected chi connectivity index (χ1v) is 7.68. The van der Waals surface area contributed by atoms with Crippen molar-refractivity contribution in [2.45, 2.75) is 18.4 Å². The van der Waals surface area contributed by atoms with Crippen molar-refractivity contribution in [2.24, 2.45) is 0 Å². The lowest BCUT2D eigenvalue weighted by Gasteiger charge is -2.11. The van der Waals surface area contributed by atoms with Crippen LogP contribution in [0, 0.1) is 6.92 Å². The lowest BCUT2D eigenvalue weighted by atomic mass is 10.2. The van der Waals surface area contributed by atoms with Crippen LogP contribution in [0.4, 0.5) is 5.69 Å². The monoisotopic (exact) mass is 308 g/mol. The molecule has 1 heterocycles. The highest BCUT2D eigenvalue weighted by molar-refractivity contribution is 7.92. The number of pyridine rings is 1. The summed E-state index contributed by atoms with van der Waals surface area (Å²) in [6.07, 6.45) is 1.45. The number of rotatable bonds is 5. The summed E-state index contributed by atoms with van der Waals surface area (Å²) in [5.74, 6) is 0.438. The number of anilines is 1. The van der Waals surface area contributed by atoms with Gasteiger partial charge in [-0.15, -0.1) is 0 Å². The van der Waals surface area contributed by atoms with Gasteiger partial charge in [0.25, 0.3) is 10.0 Å². The van der Waals surface area contributed by atoms with Crippen LogP contribution in [0.25, 0.3) is 0 Å². The number of aliphatic hydroxyl groups excluding tert-OH is 1. The third kappa shape index (κ3) is 3.50. The number of ether oxygens (including phenoxy) is 1. The van der Waals surface area contributed by atoms with E-state index in [0.717, 1.165) is 5.69 Å². The largest absolute Gasteiger partial charge is 0.496 e. The van der Waals surface area contributed by atoms with Crippen LogP contribution in [0.5, 0.6) is 5.75 Å². The number of hydrogen-bond acceptors (Lipinski definition) is 5. The molecule has 2 aromatic rings. The number of nitrogens with one attached hydrogen (secondary N) is 1. The lowest BCUT2D eigenvalue weighted by Crippen LogP contribution is -2.13. The molecule has 21 heavy (non-hydrogen) atoms. The maximum absolute atomic E-state index is 12.3. The molecule has 0 saturated heterocycles. The highest BCUT2D eigenvalue weighted by Gasteiger charge is 2.16. The van der Waals surface area contributed by atoms with Crippen LogP contribution >= 0.6 is 0 Å². The molecule has 0 unspecified atom stereocenters. The van der Waals surface area contributed by atoms with Crippen molar-refractivity contribution in [3.05, 3.63) is 47.8 Å². The summed E-state index contributed by atoms with van der Waals surface area (Å²) in [5.41, 5.74) is 1.58. The predicted molar refractivity (Wildman–Crippen MR) is 78.7 cm³/mol. The van der Waals surface area contributed by atoms with E-state index in [-0.39, 0.29) is 11.5 Å². The van der Waals surface area contributed by atoms with E-state index < -0.39 is 10.0 Å². The first kappa shape index (κ1) is 15.3. The molecule has 2 N–H and O–H groups in total. The summed E-state index contributed by atoms with van der Waals surface area (Å²) < 4.78 is 32.1. The van der Waals surface area contributed by atoms with Crippen molar-refractivity contribution in [2.75, 3.05) is 11.8 Å². The summed E-state index contributed by atoms with van der Waals surface area (Å²) in [4.78, 5) is 4.08. The SMILES string of the molecule is COc1ccc(S(=O)(=O)Nc2ccc(C)nc2)cc1CO. The molecule has 112 valence electrons. The zero-order valence-electron chi connectivity index (χ0n) is 11.7. The smallest absolute Gasteiger partial charge is 0.261 e. The minimum atomic E-state index is -3.74. The summed E-state index contributed by atoms with van der Waals surface area (Å²) in [7, 11) is -2.28. The van der Waals surface area contributed by atoms with Crippen molar-refractivity contribution in [1.82, 2.24) is 4.98 Å². The maximum atomic E-state index is 12.3. The molecule has 7 heteroatoms. The molecule has 0 aliphatic heterocycles. The predicted octanol–water partition coefficient (Wildman–Crippen LogP) is 1.69. The molecular weight excluding hydrogens is 292 g/mol. The molecule has 0 amide bonds. The second kappa shape index (κ2) is 6.11. The number of aryl methyl sites for hydroxylation is 1. The van der Waals surface area contributed by atoms with E-state index in [1.165, 1.54) is 31.5 Å². The van der Waals surface area contributed by atoms with Gasteiger partial charge in [0, 0.05) is 11.3 Å². The zero-order valence-corrected chi connectivity index (χ0v) is 12.5. The molecule has 0 saturated carbocycles. The van der Waals surface area contributed by atoms with Gasteiger partial charge in [0.2, 0.25) is 0 Å². The van der Waals surface area contributed by atoms with E-state index >= 15 is 0 Å². The molecule has 1 aromatic carbocycles. The Morgan fingerprint density at radius 3 is 2.62 bits per heavy atom. The van der Waals surface area contributed by atoms with Crippen molar-refractivity contribution in [1.29, 1.82) is 0 Å². The standard InChI is InChI=1S/C14H16N2O4S/c1-10-3-4-12(8-15-10)16-21(18,19)13-5-6-14(20-2)11(7-13)9-17/h3-8,16-17H,9H2,1-2H3. The highest BCUT2D eigenvalue weighted by Crippen LogP contribution is 2.23. The minimum Gasteiger partial charge on any atom is -0.496 e. The minimum absolute atomic E-state index is 0.0490. The molecule has 1 aromatic heterocycles. The van der Waals surface area contributed by atoms with Crippen LogP contribution in [0.3, 0.4) is 0 Å². The fourth-order valence-corrected chi connectivity index (χ4v) is 2.88. The van der Waals surface area contributed by atoms with Gasteiger partial charge in [-0.25, -0.2) is 8.42 Å². The topological polar surface area (TPSA) is 88.5 Å². The average molecular weight is 308 g/mol. The number of methoxy groups -OCH3 is 1. The van der Waals surface area contributed by atoms with E-state index in [0.29, 0.717) is 17.0 Å². The van der Waals surface area contributed by atoms with Crippen molar-refractivity contribution < 1.29 is 18.3 Å². The Balaban J connectivity index is 2.33. The van der Waals surface area contributed by atoms with Gasteiger partial charge in [0.05, 0.1) is 30.5 Å². The lowest BCUT2D eigenvalue weighted by molar-refractivity contribution is 0.273. The third-order valence-electron chi connectivity index (χ3n) is 2.90. The fourth-order valence-electron chi connectivity index (χ4n) is 1.79. The van der Waals surface area contributed by atoms with Crippen LogP contribution in [0.1, 0.15) is 11.3 Å². The van der Waals surface area contributed by atoms with Gasteiger partial charge in [-0.3, -0.25) is 9.71 Å². The van der Waals surface area contributed by atoms with Crippen molar-refractivity contribution in [3.63, 3.8) is 0 Å². The number of sulfonamides is 1.